The van der Waals surface area contributed by atoms with E-state index in [1.807, 2.05) is 5.06 Å². The largest absolute Gasteiger partial charge is 0.315 e. The first-order valence-corrected chi connectivity index (χ1v) is 21.7. The van der Waals surface area contributed by atoms with Gasteiger partial charge in [-0.15, -0.1) is 11.1 Å². The quantitative estimate of drug-likeness (QED) is 0.233. The summed E-state index contributed by atoms with van der Waals surface area (Å²) < 4.78 is 20.5. The summed E-state index contributed by atoms with van der Waals surface area (Å²) in [5.41, 5.74) is 10.4. The van der Waals surface area contributed by atoms with E-state index in [1.165, 1.54) is 12.1 Å². The number of benzene rings is 2. The van der Waals surface area contributed by atoms with Crippen molar-refractivity contribution in [1.82, 2.24) is 0 Å². The van der Waals surface area contributed by atoms with Gasteiger partial charge in [-0.3, -0.25) is 0 Å². The third-order valence-corrected chi connectivity index (χ3v) is 11.5. The summed E-state index contributed by atoms with van der Waals surface area (Å²) in [7, 11) is -5.31. The number of hydrogen-bond acceptors (Lipinski definition) is 2. The molecule has 0 saturated heterocycles. The van der Waals surface area contributed by atoms with E-state index in [1.54, 1.807) is 12.1 Å². The Hall–Kier alpha value is -2.10. The highest BCUT2D eigenvalue weighted by atomic mass is 28.4. The molecule has 0 spiro atoms. The van der Waals surface area contributed by atoms with Gasteiger partial charge in [0.15, 0.2) is 0 Å². The third kappa shape index (κ3) is 8.60. The fourth-order valence-corrected chi connectivity index (χ4v) is 4.57. The molecule has 34 heavy (non-hydrogen) atoms. The average Bonchev–Trinajstić information content (AvgIpc) is 2.68. The molecule has 0 aliphatic carbocycles. The van der Waals surface area contributed by atoms with Gasteiger partial charge < -0.3 is 4.53 Å². The molecule has 0 aromatic heterocycles. The van der Waals surface area contributed by atoms with Crippen LogP contribution in [0.3, 0.4) is 0 Å². The lowest BCUT2D eigenvalue weighted by molar-refractivity contribution is 0.293. The molecule has 2 nitrogen and oxygen atoms in total. The van der Waals surface area contributed by atoms with E-state index >= 15 is 0 Å². The molecule has 0 unspecified atom stereocenters. The van der Waals surface area contributed by atoms with Gasteiger partial charge in [-0.1, -0.05) is 71.9 Å². The van der Waals surface area contributed by atoms with Crippen LogP contribution >= 0.6 is 0 Å². The zero-order valence-electron chi connectivity index (χ0n) is 22.8. The lowest BCUT2D eigenvalue weighted by Crippen LogP contribution is -2.45. The zero-order valence-corrected chi connectivity index (χ0v) is 25.8. The first-order valence-electron chi connectivity index (χ1n) is 11.8. The van der Waals surface area contributed by atoms with Crippen LogP contribution < -0.4 is 5.06 Å². The van der Waals surface area contributed by atoms with Crippen molar-refractivity contribution in [2.24, 2.45) is 0 Å². The Kier molecular flexibility index (Phi) is 8.49. The van der Waals surface area contributed by atoms with E-state index in [0.29, 0.717) is 0 Å². The summed E-state index contributed by atoms with van der Waals surface area (Å²) in [5.74, 6) is 6.52. The maximum atomic E-state index is 13.8. The molecule has 182 valence electrons. The van der Waals surface area contributed by atoms with Crippen LogP contribution in [0.2, 0.25) is 57.4 Å². The van der Waals surface area contributed by atoms with Crippen molar-refractivity contribution >= 4 is 35.8 Å². The molecule has 0 amide bonds. The first kappa shape index (κ1) is 28.1. The van der Waals surface area contributed by atoms with Gasteiger partial charge in [0.25, 0.3) is 0 Å². The SMILES string of the molecule is CC(C)(C)[Si](C)(C)ON(c1ccc(F)cc1)c1cc(C#C[Si](C)(C)C)cc(C#C[Si](C)(C)C)c1. The van der Waals surface area contributed by atoms with Gasteiger partial charge in [-0.25, -0.2) is 9.45 Å². The topological polar surface area (TPSA) is 12.5 Å². The highest BCUT2D eigenvalue weighted by molar-refractivity contribution is 6.84. The second-order valence-electron chi connectivity index (χ2n) is 12.4. The van der Waals surface area contributed by atoms with Gasteiger partial charge in [0, 0.05) is 11.1 Å². The van der Waals surface area contributed by atoms with Gasteiger partial charge >= 0.3 is 0 Å². The van der Waals surface area contributed by atoms with Gasteiger partial charge in [0.2, 0.25) is 8.32 Å². The van der Waals surface area contributed by atoms with Gasteiger partial charge in [-0.2, -0.15) is 0 Å². The molecule has 0 aliphatic rings. The van der Waals surface area contributed by atoms with Crippen molar-refractivity contribution in [3.05, 3.63) is 59.4 Å². The van der Waals surface area contributed by atoms with E-state index in [4.69, 9.17) is 4.53 Å². The van der Waals surface area contributed by atoms with Crippen LogP contribution in [0.5, 0.6) is 0 Å². The Morgan fingerprint density at radius 2 is 1.15 bits per heavy atom. The van der Waals surface area contributed by atoms with E-state index in [-0.39, 0.29) is 10.9 Å². The second-order valence-corrected chi connectivity index (χ2v) is 26.6. The molecular formula is C28H40FNOSi3. The fourth-order valence-electron chi connectivity index (χ4n) is 2.59. The molecule has 0 saturated carbocycles. The van der Waals surface area contributed by atoms with E-state index in [2.05, 4.69) is 114 Å². The molecule has 0 N–H and O–H groups in total. The molecule has 2 rings (SSSR count). The molecule has 0 radical (unpaired) electrons. The Labute approximate surface area is 210 Å². The lowest BCUT2D eigenvalue weighted by atomic mass is 10.1. The van der Waals surface area contributed by atoms with Gasteiger partial charge in [-0.05, 0) is 60.6 Å². The van der Waals surface area contributed by atoms with Crippen LogP contribution in [0.25, 0.3) is 0 Å². The Bertz CT molecular complexity index is 1080. The molecular weight excluding hydrogens is 470 g/mol. The molecule has 0 atom stereocenters. The summed E-state index contributed by atoms with van der Waals surface area (Å²) in [6.07, 6.45) is 0. The maximum Gasteiger partial charge on any atom is 0.229 e. The Morgan fingerprint density at radius 3 is 1.53 bits per heavy atom. The Balaban J connectivity index is 2.74. The molecule has 0 bridgehead atoms. The molecule has 2 aromatic rings. The second kappa shape index (κ2) is 10.3. The molecule has 0 heterocycles. The summed E-state index contributed by atoms with van der Waals surface area (Å²) in [6, 6.07) is 12.6. The van der Waals surface area contributed by atoms with Crippen molar-refractivity contribution in [1.29, 1.82) is 0 Å². The lowest BCUT2D eigenvalue weighted by Gasteiger charge is -2.40. The molecule has 6 heteroatoms. The third-order valence-electron chi connectivity index (χ3n) is 5.50. The van der Waals surface area contributed by atoms with Crippen LogP contribution in [-0.2, 0) is 4.53 Å². The normalized spacial score (nSPS) is 12.4. The highest BCUT2D eigenvalue weighted by Crippen LogP contribution is 2.40. The van der Waals surface area contributed by atoms with E-state index in [9.17, 15) is 4.39 Å². The minimum atomic E-state index is -2.20. The van der Waals surface area contributed by atoms with Crippen LogP contribution in [-0.4, -0.2) is 24.5 Å². The van der Waals surface area contributed by atoms with Crippen molar-refractivity contribution in [3.8, 4) is 22.9 Å². The number of anilines is 2. The summed E-state index contributed by atoms with van der Waals surface area (Å²) in [4.78, 5) is 0. The summed E-state index contributed by atoms with van der Waals surface area (Å²) in [5, 5.41) is 1.86. The molecule has 0 aliphatic heterocycles. The number of hydrogen-bond donors (Lipinski definition) is 0. The minimum absolute atomic E-state index is 0.000993. The predicted octanol–water partition coefficient (Wildman–Crippen LogP) is 8.36. The van der Waals surface area contributed by atoms with Gasteiger partial charge in [0.05, 0.1) is 11.4 Å². The monoisotopic (exact) mass is 509 g/mol. The van der Waals surface area contributed by atoms with E-state index in [0.717, 1.165) is 22.5 Å². The van der Waals surface area contributed by atoms with E-state index < -0.39 is 24.5 Å². The summed E-state index contributed by atoms with van der Waals surface area (Å²) in [6.45, 7) is 24.5. The van der Waals surface area contributed by atoms with Gasteiger partial charge in [0.1, 0.15) is 22.0 Å². The predicted molar refractivity (Wildman–Crippen MR) is 154 cm³/mol. The zero-order chi connectivity index (χ0) is 25.9. The smallest absolute Gasteiger partial charge is 0.229 e. The maximum absolute atomic E-state index is 13.8. The number of rotatable bonds is 4. The fraction of sp³-hybridized carbons (Fsp3) is 0.429. The van der Waals surface area contributed by atoms with Crippen LogP contribution in [0.1, 0.15) is 31.9 Å². The molecule has 2 aromatic carbocycles. The standard InChI is InChI=1S/C28H40FNOSi3/c1-28(2,3)34(10,11)31-30(26-14-12-25(29)13-15-26)27-21-23(16-18-32(4,5)6)20-24(22-27)17-19-33(7,8)9/h12-15,20-22H,1-11H3. The first-order chi connectivity index (χ1) is 15.4. The highest BCUT2D eigenvalue weighted by Gasteiger charge is 2.40. The van der Waals surface area contributed by atoms with Crippen molar-refractivity contribution in [2.45, 2.75) is 78.2 Å². The van der Waals surface area contributed by atoms with Crippen molar-refractivity contribution in [2.75, 3.05) is 5.06 Å². The van der Waals surface area contributed by atoms with Crippen LogP contribution in [0.4, 0.5) is 15.8 Å². The van der Waals surface area contributed by atoms with Crippen molar-refractivity contribution in [3.63, 3.8) is 0 Å². The average molecular weight is 510 g/mol. The number of halogens is 1. The minimum Gasteiger partial charge on any atom is -0.315 e. The molecule has 0 fully saturated rings. The van der Waals surface area contributed by atoms with Crippen molar-refractivity contribution < 1.29 is 8.92 Å². The van der Waals surface area contributed by atoms with Crippen LogP contribution in [0, 0.1) is 28.7 Å². The number of nitrogens with zero attached hydrogens (tertiary/aromatic N) is 1. The summed E-state index contributed by atoms with van der Waals surface area (Å²) >= 11 is 0. The Morgan fingerprint density at radius 1 is 0.706 bits per heavy atom. The van der Waals surface area contributed by atoms with Crippen LogP contribution in [0.15, 0.2) is 42.5 Å².